The van der Waals surface area contributed by atoms with E-state index in [9.17, 15) is 5.11 Å². The van der Waals surface area contributed by atoms with Crippen LogP contribution in [0.3, 0.4) is 0 Å². The Morgan fingerprint density at radius 2 is 1.65 bits per heavy atom. The molecule has 1 heteroatoms. The van der Waals surface area contributed by atoms with E-state index in [0.29, 0.717) is 5.92 Å². The Labute approximate surface area is 107 Å². The first-order valence-corrected chi connectivity index (χ1v) is 7.77. The summed E-state index contributed by atoms with van der Waals surface area (Å²) in [6, 6.07) is 0. The van der Waals surface area contributed by atoms with Gasteiger partial charge in [0.2, 0.25) is 0 Å². The smallest absolute Gasteiger partial charge is 0.0676 e. The second kappa shape index (κ2) is 5.30. The van der Waals surface area contributed by atoms with Crippen molar-refractivity contribution in [2.24, 2.45) is 23.7 Å². The van der Waals surface area contributed by atoms with Crippen LogP contribution < -0.4 is 0 Å². The van der Waals surface area contributed by atoms with Crippen LogP contribution in [0, 0.1) is 23.7 Å². The summed E-state index contributed by atoms with van der Waals surface area (Å²) in [6.07, 6.45) is 9.79. The fourth-order valence-corrected chi connectivity index (χ4v) is 4.03. The summed E-state index contributed by atoms with van der Waals surface area (Å²) in [7, 11) is 0. The summed E-state index contributed by atoms with van der Waals surface area (Å²) >= 11 is 0. The molecule has 1 nitrogen and oxygen atoms in total. The molecule has 0 bridgehead atoms. The van der Waals surface area contributed by atoms with E-state index >= 15 is 0 Å². The van der Waals surface area contributed by atoms with Crippen molar-refractivity contribution in [3.8, 4) is 0 Å². The second-order valence-corrected chi connectivity index (χ2v) is 6.92. The maximum atomic E-state index is 10.9. The highest BCUT2D eigenvalue weighted by Crippen LogP contribution is 2.46. The van der Waals surface area contributed by atoms with Crippen molar-refractivity contribution < 1.29 is 5.11 Å². The van der Waals surface area contributed by atoms with Crippen LogP contribution in [-0.4, -0.2) is 10.7 Å². The second-order valence-electron chi connectivity index (χ2n) is 6.92. The lowest BCUT2D eigenvalue weighted by Crippen LogP contribution is -2.44. The van der Waals surface area contributed by atoms with Crippen LogP contribution in [0.25, 0.3) is 0 Å². The first kappa shape index (κ1) is 13.4. The first-order valence-electron chi connectivity index (χ1n) is 7.77. The minimum Gasteiger partial charge on any atom is -0.390 e. The van der Waals surface area contributed by atoms with Gasteiger partial charge in [-0.2, -0.15) is 0 Å². The maximum Gasteiger partial charge on any atom is 0.0676 e. The van der Waals surface area contributed by atoms with E-state index in [1.165, 1.54) is 38.5 Å². The molecule has 2 fully saturated rings. The SMILES string of the molecule is CCC1CCC(O)(C2CCC(C)C(C)C2)CC1. The topological polar surface area (TPSA) is 20.2 Å². The van der Waals surface area contributed by atoms with Gasteiger partial charge in [0, 0.05) is 0 Å². The molecular formula is C16H30O. The van der Waals surface area contributed by atoms with Crippen molar-refractivity contribution >= 4 is 0 Å². The number of hydrogen-bond donors (Lipinski definition) is 1. The van der Waals surface area contributed by atoms with E-state index in [4.69, 9.17) is 0 Å². The van der Waals surface area contributed by atoms with E-state index in [1.807, 2.05) is 0 Å². The molecule has 0 radical (unpaired) electrons. The van der Waals surface area contributed by atoms with Crippen LogP contribution in [0.5, 0.6) is 0 Å². The van der Waals surface area contributed by atoms with Crippen LogP contribution in [0.2, 0.25) is 0 Å². The minimum absolute atomic E-state index is 0.305. The molecule has 0 heterocycles. The summed E-state index contributed by atoms with van der Waals surface area (Å²) < 4.78 is 0. The highest BCUT2D eigenvalue weighted by Gasteiger charge is 2.42. The van der Waals surface area contributed by atoms with Gasteiger partial charge in [-0.1, -0.05) is 33.6 Å². The summed E-state index contributed by atoms with van der Waals surface area (Å²) in [4.78, 5) is 0. The molecule has 0 aromatic rings. The Balaban J connectivity index is 1.93. The predicted molar refractivity (Wildman–Crippen MR) is 72.9 cm³/mol. The summed E-state index contributed by atoms with van der Waals surface area (Å²) in [6.45, 7) is 7.04. The molecule has 2 aliphatic rings. The van der Waals surface area contributed by atoms with Gasteiger partial charge in [-0.05, 0) is 62.2 Å². The van der Waals surface area contributed by atoms with Gasteiger partial charge in [0.15, 0.2) is 0 Å². The zero-order chi connectivity index (χ0) is 12.5. The normalized spacial score (nSPS) is 48.0. The van der Waals surface area contributed by atoms with Crippen LogP contribution in [-0.2, 0) is 0 Å². The van der Waals surface area contributed by atoms with Gasteiger partial charge in [0.25, 0.3) is 0 Å². The monoisotopic (exact) mass is 238 g/mol. The third kappa shape index (κ3) is 2.86. The summed E-state index contributed by atoms with van der Waals surface area (Å²) in [5, 5.41) is 10.9. The van der Waals surface area contributed by atoms with Gasteiger partial charge in [-0.25, -0.2) is 0 Å². The number of rotatable bonds is 2. The van der Waals surface area contributed by atoms with Crippen LogP contribution in [0.15, 0.2) is 0 Å². The molecule has 1 N–H and O–H groups in total. The fourth-order valence-electron chi connectivity index (χ4n) is 4.03. The largest absolute Gasteiger partial charge is 0.390 e. The predicted octanol–water partition coefficient (Wildman–Crippen LogP) is 4.39. The molecule has 3 atom stereocenters. The number of hydrogen-bond acceptors (Lipinski definition) is 1. The average Bonchev–Trinajstić information content (AvgIpc) is 2.33. The fraction of sp³-hybridized carbons (Fsp3) is 1.00. The molecule has 2 saturated carbocycles. The quantitative estimate of drug-likeness (QED) is 0.756. The van der Waals surface area contributed by atoms with E-state index in [2.05, 4.69) is 20.8 Å². The maximum absolute atomic E-state index is 10.9. The average molecular weight is 238 g/mol. The van der Waals surface area contributed by atoms with E-state index in [1.54, 1.807) is 0 Å². The lowest BCUT2D eigenvalue weighted by Gasteiger charge is -2.45. The number of aliphatic hydroxyl groups is 1. The van der Waals surface area contributed by atoms with Gasteiger partial charge in [0.05, 0.1) is 5.60 Å². The molecule has 17 heavy (non-hydrogen) atoms. The first-order chi connectivity index (χ1) is 8.05. The Morgan fingerprint density at radius 1 is 1.00 bits per heavy atom. The zero-order valence-electron chi connectivity index (χ0n) is 11.9. The van der Waals surface area contributed by atoms with Crippen molar-refractivity contribution in [1.29, 1.82) is 0 Å². The molecule has 0 aliphatic heterocycles. The zero-order valence-corrected chi connectivity index (χ0v) is 11.9. The molecule has 0 aromatic heterocycles. The molecule has 3 unspecified atom stereocenters. The molecule has 2 rings (SSSR count). The van der Waals surface area contributed by atoms with Gasteiger partial charge in [-0.3, -0.25) is 0 Å². The van der Waals surface area contributed by atoms with Crippen molar-refractivity contribution in [2.75, 3.05) is 0 Å². The summed E-state index contributed by atoms with van der Waals surface area (Å²) in [5.41, 5.74) is -0.305. The third-order valence-electron chi connectivity index (χ3n) is 5.91. The lowest BCUT2D eigenvalue weighted by molar-refractivity contribution is -0.0810. The van der Waals surface area contributed by atoms with Crippen LogP contribution in [0.4, 0.5) is 0 Å². The van der Waals surface area contributed by atoms with Crippen molar-refractivity contribution in [3.63, 3.8) is 0 Å². The molecule has 100 valence electrons. The molecular weight excluding hydrogens is 208 g/mol. The van der Waals surface area contributed by atoms with Crippen LogP contribution >= 0.6 is 0 Å². The van der Waals surface area contributed by atoms with Gasteiger partial charge >= 0.3 is 0 Å². The van der Waals surface area contributed by atoms with E-state index in [-0.39, 0.29) is 5.60 Å². The van der Waals surface area contributed by atoms with Crippen molar-refractivity contribution in [3.05, 3.63) is 0 Å². The Kier molecular flexibility index (Phi) is 4.18. The molecule has 0 saturated heterocycles. The van der Waals surface area contributed by atoms with Crippen molar-refractivity contribution in [2.45, 2.75) is 77.7 Å². The van der Waals surface area contributed by atoms with Gasteiger partial charge < -0.3 is 5.11 Å². The van der Waals surface area contributed by atoms with E-state index in [0.717, 1.165) is 30.6 Å². The molecule has 0 aromatic carbocycles. The third-order valence-corrected chi connectivity index (χ3v) is 5.91. The Morgan fingerprint density at radius 3 is 2.18 bits per heavy atom. The van der Waals surface area contributed by atoms with E-state index < -0.39 is 0 Å². The Hall–Kier alpha value is -0.0400. The highest BCUT2D eigenvalue weighted by atomic mass is 16.3. The van der Waals surface area contributed by atoms with Gasteiger partial charge in [-0.15, -0.1) is 0 Å². The summed E-state index contributed by atoms with van der Waals surface area (Å²) in [5.74, 6) is 3.14. The van der Waals surface area contributed by atoms with Crippen molar-refractivity contribution in [1.82, 2.24) is 0 Å². The van der Waals surface area contributed by atoms with Crippen LogP contribution in [0.1, 0.15) is 72.1 Å². The minimum atomic E-state index is -0.305. The van der Waals surface area contributed by atoms with Gasteiger partial charge in [0.1, 0.15) is 0 Å². The highest BCUT2D eigenvalue weighted by molar-refractivity contribution is 4.94. The molecule has 0 amide bonds. The Bertz CT molecular complexity index is 240. The lowest BCUT2D eigenvalue weighted by atomic mass is 9.64. The molecule has 2 aliphatic carbocycles. The molecule has 0 spiro atoms. The standard InChI is InChI=1S/C16H30O/c1-4-14-7-9-16(17,10-8-14)15-6-5-12(2)13(3)11-15/h12-15,17H,4-11H2,1-3H3.